The maximum atomic E-state index is 11.7. The van der Waals surface area contributed by atoms with E-state index in [0.717, 1.165) is 0 Å². The summed E-state index contributed by atoms with van der Waals surface area (Å²) in [6.07, 6.45) is 1.62. The Labute approximate surface area is 91.1 Å². The van der Waals surface area contributed by atoms with Crippen molar-refractivity contribution in [2.24, 2.45) is 0 Å². The molecule has 0 aliphatic rings. The summed E-state index contributed by atoms with van der Waals surface area (Å²) < 4.78 is 6.55. The van der Waals surface area contributed by atoms with Gasteiger partial charge in [0, 0.05) is 6.20 Å². The lowest BCUT2D eigenvalue weighted by Gasteiger charge is -2.05. The lowest BCUT2D eigenvalue weighted by atomic mass is 10.4. The molecule has 0 N–H and O–H groups in total. The molecule has 2 heterocycles. The van der Waals surface area contributed by atoms with Crippen molar-refractivity contribution < 1.29 is 4.74 Å². The molecule has 2 rings (SSSR count). The zero-order valence-electron chi connectivity index (χ0n) is 8.11. The van der Waals surface area contributed by atoms with E-state index in [4.69, 9.17) is 16.3 Å². The van der Waals surface area contributed by atoms with Crippen molar-refractivity contribution in [1.82, 2.24) is 9.38 Å². The fourth-order valence-electron chi connectivity index (χ4n) is 1.28. The minimum atomic E-state index is -0.314. The third-order valence-corrected chi connectivity index (χ3v) is 2.25. The van der Waals surface area contributed by atoms with E-state index in [1.165, 1.54) is 4.40 Å². The van der Waals surface area contributed by atoms with Gasteiger partial charge in [0.2, 0.25) is 5.88 Å². The molecule has 0 saturated heterocycles. The van der Waals surface area contributed by atoms with Crippen LogP contribution in [0.3, 0.4) is 0 Å². The Morgan fingerprint density at radius 2 is 2.33 bits per heavy atom. The van der Waals surface area contributed by atoms with Gasteiger partial charge in [-0.2, -0.15) is 4.98 Å². The smallest absolute Gasteiger partial charge is 0.280 e. The van der Waals surface area contributed by atoms with Crippen LogP contribution in [0.4, 0.5) is 0 Å². The fourth-order valence-corrected chi connectivity index (χ4v) is 1.47. The number of fused-ring (bicyclic) bond motifs is 1. The van der Waals surface area contributed by atoms with Crippen LogP contribution in [0, 0.1) is 0 Å². The average Bonchev–Trinajstić information content (AvgIpc) is 2.26. The van der Waals surface area contributed by atoms with Crippen molar-refractivity contribution in [2.45, 2.75) is 6.92 Å². The van der Waals surface area contributed by atoms with Crippen molar-refractivity contribution in [2.75, 3.05) is 6.61 Å². The molecular weight excluding hydrogens is 216 g/mol. The van der Waals surface area contributed by atoms with Crippen LogP contribution >= 0.6 is 11.6 Å². The Morgan fingerprint density at radius 1 is 1.53 bits per heavy atom. The molecule has 0 unspecified atom stereocenters. The molecule has 5 heteroatoms. The van der Waals surface area contributed by atoms with Crippen molar-refractivity contribution in [1.29, 1.82) is 0 Å². The molecule has 0 bridgehead atoms. The second kappa shape index (κ2) is 3.90. The molecule has 78 valence electrons. The maximum Gasteiger partial charge on any atom is 0.280 e. The first kappa shape index (κ1) is 9.98. The number of halogens is 1. The van der Waals surface area contributed by atoms with Gasteiger partial charge >= 0.3 is 0 Å². The highest BCUT2D eigenvalue weighted by Crippen LogP contribution is 2.17. The number of pyridine rings is 1. The van der Waals surface area contributed by atoms with E-state index in [0.29, 0.717) is 12.3 Å². The van der Waals surface area contributed by atoms with E-state index in [1.54, 1.807) is 24.4 Å². The van der Waals surface area contributed by atoms with Gasteiger partial charge < -0.3 is 4.74 Å². The van der Waals surface area contributed by atoms with E-state index in [1.807, 2.05) is 6.92 Å². The van der Waals surface area contributed by atoms with Gasteiger partial charge in [-0.25, -0.2) is 0 Å². The van der Waals surface area contributed by atoms with Gasteiger partial charge in [-0.05, 0) is 19.1 Å². The van der Waals surface area contributed by atoms with Crippen molar-refractivity contribution >= 4 is 17.2 Å². The minimum Gasteiger partial charge on any atom is -0.477 e. The summed E-state index contributed by atoms with van der Waals surface area (Å²) in [7, 11) is 0. The average molecular weight is 225 g/mol. The fraction of sp³-hybridized carbons (Fsp3) is 0.200. The highest BCUT2D eigenvalue weighted by Gasteiger charge is 2.10. The number of rotatable bonds is 2. The van der Waals surface area contributed by atoms with E-state index >= 15 is 0 Å². The second-order valence-corrected chi connectivity index (χ2v) is 3.28. The molecular formula is C10H9ClN2O2. The zero-order valence-corrected chi connectivity index (χ0v) is 8.86. The first-order valence-corrected chi connectivity index (χ1v) is 4.91. The second-order valence-electron chi connectivity index (χ2n) is 2.90. The van der Waals surface area contributed by atoms with Crippen LogP contribution in [-0.2, 0) is 0 Å². The van der Waals surface area contributed by atoms with Gasteiger partial charge in [-0.1, -0.05) is 17.7 Å². The van der Waals surface area contributed by atoms with Crippen LogP contribution in [0.5, 0.6) is 5.88 Å². The summed E-state index contributed by atoms with van der Waals surface area (Å²) >= 11 is 5.83. The highest BCUT2D eigenvalue weighted by atomic mass is 35.5. The maximum absolute atomic E-state index is 11.7. The van der Waals surface area contributed by atoms with Gasteiger partial charge in [0.1, 0.15) is 5.65 Å². The first-order valence-electron chi connectivity index (χ1n) is 4.53. The number of hydrogen-bond acceptors (Lipinski definition) is 3. The normalized spacial score (nSPS) is 10.5. The largest absolute Gasteiger partial charge is 0.477 e. The van der Waals surface area contributed by atoms with Gasteiger partial charge in [0.25, 0.3) is 5.56 Å². The first-order chi connectivity index (χ1) is 7.24. The summed E-state index contributed by atoms with van der Waals surface area (Å²) in [6, 6.07) is 5.26. The summed E-state index contributed by atoms with van der Waals surface area (Å²) in [5, 5.41) is 0.0144. The van der Waals surface area contributed by atoms with Crippen LogP contribution in [-0.4, -0.2) is 16.0 Å². The van der Waals surface area contributed by atoms with E-state index < -0.39 is 0 Å². The van der Waals surface area contributed by atoms with Crippen molar-refractivity contribution in [3.05, 3.63) is 39.8 Å². The number of aromatic nitrogens is 2. The van der Waals surface area contributed by atoms with E-state index in [9.17, 15) is 4.79 Å². The Morgan fingerprint density at radius 3 is 3.07 bits per heavy atom. The minimum absolute atomic E-state index is 0.0144. The summed E-state index contributed by atoms with van der Waals surface area (Å²) in [5.41, 5.74) is 0.209. The van der Waals surface area contributed by atoms with Gasteiger partial charge in [-0.3, -0.25) is 9.20 Å². The molecule has 0 atom stereocenters. The molecule has 0 amide bonds. The van der Waals surface area contributed by atoms with Crippen LogP contribution < -0.4 is 10.3 Å². The third kappa shape index (κ3) is 1.68. The Kier molecular flexibility index (Phi) is 2.60. The Balaban J connectivity index is 2.77. The molecule has 0 aliphatic heterocycles. The predicted molar refractivity (Wildman–Crippen MR) is 57.6 cm³/mol. The molecule has 0 radical (unpaired) electrons. The topological polar surface area (TPSA) is 43.6 Å². The lowest BCUT2D eigenvalue weighted by molar-refractivity contribution is 0.327. The molecule has 0 spiro atoms. The SMILES string of the molecule is CCOc1nc2ccccn2c(=O)c1Cl. The Hall–Kier alpha value is -1.55. The summed E-state index contributed by atoms with van der Waals surface area (Å²) in [6.45, 7) is 2.24. The van der Waals surface area contributed by atoms with E-state index in [-0.39, 0.29) is 16.5 Å². The number of nitrogens with zero attached hydrogens (tertiary/aromatic N) is 2. The van der Waals surface area contributed by atoms with Crippen LogP contribution in [0.15, 0.2) is 29.2 Å². The molecule has 0 saturated carbocycles. The number of ether oxygens (including phenoxy) is 1. The summed E-state index contributed by atoms with van der Waals surface area (Å²) in [4.78, 5) is 15.9. The molecule has 15 heavy (non-hydrogen) atoms. The summed E-state index contributed by atoms with van der Waals surface area (Å²) in [5.74, 6) is 0.190. The number of hydrogen-bond donors (Lipinski definition) is 0. The van der Waals surface area contributed by atoms with Gasteiger partial charge in [0.15, 0.2) is 5.02 Å². The quantitative estimate of drug-likeness (QED) is 0.781. The predicted octanol–water partition coefficient (Wildman–Crippen LogP) is 1.75. The highest BCUT2D eigenvalue weighted by molar-refractivity contribution is 6.31. The third-order valence-electron chi connectivity index (χ3n) is 1.93. The lowest BCUT2D eigenvalue weighted by Crippen LogP contribution is -2.16. The molecule has 2 aromatic rings. The molecule has 0 aromatic carbocycles. The van der Waals surface area contributed by atoms with Crippen LogP contribution in [0.25, 0.3) is 5.65 Å². The Bertz CT molecular complexity index is 551. The van der Waals surface area contributed by atoms with Gasteiger partial charge in [0.05, 0.1) is 6.61 Å². The molecule has 0 fully saturated rings. The molecule has 4 nitrogen and oxygen atoms in total. The standard InChI is InChI=1S/C10H9ClN2O2/c1-2-15-9-8(11)10(14)13-6-4-3-5-7(13)12-9/h3-6H,2H2,1H3. The van der Waals surface area contributed by atoms with Crippen LogP contribution in [0.1, 0.15) is 6.92 Å². The van der Waals surface area contributed by atoms with Crippen molar-refractivity contribution in [3.8, 4) is 5.88 Å². The van der Waals surface area contributed by atoms with Gasteiger partial charge in [-0.15, -0.1) is 0 Å². The van der Waals surface area contributed by atoms with Crippen LogP contribution in [0.2, 0.25) is 5.02 Å². The zero-order chi connectivity index (χ0) is 10.8. The van der Waals surface area contributed by atoms with E-state index in [2.05, 4.69) is 4.98 Å². The molecule has 2 aromatic heterocycles. The monoisotopic (exact) mass is 224 g/mol. The molecule has 0 aliphatic carbocycles. The van der Waals surface area contributed by atoms with Crippen molar-refractivity contribution in [3.63, 3.8) is 0 Å².